The minimum atomic E-state index is -1.19. The summed E-state index contributed by atoms with van der Waals surface area (Å²) in [7, 11) is 0. The number of hydrogen-bond donors (Lipinski definition) is 2. The lowest BCUT2D eigenvalue weighted by molar-refractivity contribution is -0.128. The number of rotatable bonds is 5. The second-order valence-electron chi connectivity index (χ2n) is 7.81. The zero-order valence-corrected chi connectivity index (χ0v) is 18.0. The van der Waals surface area contributed by atoms with Crippen molar-refractivity contribution >= 4 is 40.8 Å². The first-order chi connectivity index (χ1) is 15.8. The summed E-state index contributed by atoms with van der Waals surface area (Å²) in [4.78, 5) is 51.9. The normalized spacial score (nSPS) is 14.1. The van der Waals surface area contributed by atoms with Crippen molar-refractivity contribution in [2.24, 2.45) is 0 Å². The number of furan rings is 1. The van der Waals surface area contributed by atoms with Crippen LogP contribution in [0.5, 0.6) is 0 Å². The highest BCUT2D eigenvalue weighted by molar-refractivity contribution is 6.14. The van der Waals surface area contributed by atoms with Gasteiger partial charge in [-0.05, 0) is 50.2 Å². The van der Waals surface area contributed by atoms with Gasteiger partial charge in [0.05, 0.1) is 28.9 Å². The van der Waals surface area contributed by atoms with E-state index in [1.54, 1.807) is 56.3 Å². The van der Waals surface area contributed by atoms with E-state index >= 15 is 0 Å². The van der Waals surface area contributed by atoms with E-state index < -0.39 is 29.9 Å². The molecule has 0 atom stereocenters. The Balaban J connectivity index is 1.50. The summed E-state index contributed by atoms with van der Waals surface area (Å²) in [5.74, 6) is -2.17. The highest BCUT2D eigenvalue weighted by atomic mass is 16.5. The van der Waals surface area contributed by atoms with Crippen molar-refractivity contribution in [3.63, 3.8) is 0 Å². The fourth-order valence-electron chi connectivity index (χ4n) is 3.53. The first-order valence-corrected chi connectivity index (χ1v) is 10.1. The number of anilines is 3. The highest BCUT2D eigenvalue weighted by Crippen LogP contribution is 2.36. The van der Waals surface area contributed by atoms with E-state index in [4.69, 9.17) is 9.15 Å². The Bertz CT molecular complexity index is 1230. The van der Waals surface area contributed by atoms with Crippen LogP contribution in [0.1, 0.15) is 34.8 Å². The number of nitrogens with one attached hydrogen (secondary N) is 2. The van der Waals surface area contributed by atoms with Gasteiger partial charge in [0.15, 0.2) is 12.4 Å². The van der Waals surface area contributed by atoms with Crippen molar-refractivity contribution in [1.82, 2.24) is 0 Å². The minimum Gasteiger partial charge on any atom is -0.459 e. The fourth-order valence-corrected chi connectivity index (χ4v) is 3.53. The molecule has 1 aliphatic rings. The highest BCUT2D eigenvalue weighted by Gasteiger charge is 2.43. The summed E-state index contributed by atoms with van der Waals surface area (Å²) < 4.78 is 10.3. The number of hydrogen-bond acceptors (Lipinski definition) is 6. The van der Waals surface area contributed by atoms with E-state index in [1.807, 2.05) is 0 Å². The SMILES string of the molecule is CC1(C)C(=O)Nc2ccccc2N1C(=O)COC(=O)c1ccccc1NC(=O)c1ccco1. The maximum absolute atomic E-state index is 13.1. The number of fused-ring (bicyclic) bond motifs is 1. The summed E-state index contributed by atoms with van der Waals surface area (Å²) in [6, 6.07) is 16.2. The smallest absolute Gasteiger partial charge is 0.340 e. The molecule has 9 nitrogen and oxygen atoms in total. The van der Waals surface area contributed by atoms with Crippen LogP contribution in [-0.4, -0.2) is 35.8 Å². The summed E-state index contributed by atoms with van der Waals surface area (Å²) in [6.07, 6.45) is 1.36. The first-order valence-electron chi connectivity index (χ1n) is 10.1. The van der Waals surface area contributed by atoms with Crippen molar-refractivity contribution < 1.29 is 28.3 Å². The van der Waals surface area contributed by atoms with Crippen LogP contribution in [0.3, 0.4) is 0 Å². The van der Waals surface area contributed by atoms with E-state index in [0.29, 0.717) is 11.4 Å². The Hall–Kier alpha value is -4.40. The van der Waals surface area contributed by atoms with Crippen LogP contribution < -0.4 is 15.5 Å². The predicted octanol–water partition coefficient (Wildman–Crippen LogP) is 3.45. The third-order valence-electron chi connectivity index (χ3n) is 5.22. The molecule has 3 amide bonds. The number of esters is 1. The number of carbonyl (C=O) groups excluding carboxylic acids is 4. The molecule has 1 aromatic heterocycles. The third-order valence-corrected chi connectivity index (χ3v) is 5.22. The van der Waals surface area contributed by atoms with Gasteiger partial charge in [0.2, 0.25) is 5.91 Å². The lowest BCUT2D eigenvalue weighted by Crippen LogP contribution is -2.59. The van der Waals surface area contributed by atoms with Crippen LogP contribution in [0.15, 0.2) is 71.3 Å². The second kappa shape index (κ2) is 8.62. The van der Waals surface area contributed by atoms with Crippen LogP contribution in [-0.2, 0) is 14.3 Å². The quantitative estimate of drug-likeness (QED) is 0.579. The molecule has 0 unspecified atom stereocenters. The van der Waals surface area contributed by atoms with E-state index in [0.717, 1.165) is 0 Å². The molecule has 0 bridgehead atoms. The molecule has 0 spiro atoms. The fraction of sp³-hybridized carbons (Fsp3) is 0.167. The number of para-hydroxylation sites is 3. The van der Waals surface area contributed by atoms with Crippen LogP contribution in [0, 0.1) is 0 Å². The van der Waals surface area contributed by atoms with Crippen molar-refractivity contribution in [2.75, 3.05) is 22.1 Å². The summed E-state index contributed by atoms with van der Waals surface area (Å²) in [5, 5.41) is 5.37. The van der Waals surface area contributed by atoms with Crippen molar-refractivity contribution in [3.8, 4) is 0 Å². The molecule has 168 valence electrons. The molecule has 0 saturated carbocycles. The van der Waals surface area contributed by atoms with Gasteiger partial charge in [-0.25, -0.2) is 4.79 Å². The van der Waals surface area contributed by atoms with Gasteiger partial charge in [0.1, 0.15) is 5.54 Å². The third kappa shape index (κ3) is 4.20. The zero-order chi connectivity index (χ0) is 23.6. The standard InChI is InChI=1S/C24H21N3O6/c1-24(2)23(31)26-17-10-5-6-11-18(17)27(24)20(28)14-33-22(30)15-8-3-4-9-16(15)25-21(29)19-12-7-13-32-19/h3-13H,14H2,1-2H3,(H,25,29)(H,26,31). The molecule has 9 heteroatoms. The maximum Gasteiger partial charge on any atom is 0.340 e. The van der Waals surface area contributed by atoms with Gasteiger partial charge in [-0.2, -0.15) is 0 Å². The number of carbonyl (C=O) groups is 4. The Labute approximate surface area is 189 Å². The van der Waals surface area contributed by atoms with Crippen LogP contribution in [0.25, 0.3) is 0 Å². The van der Waals surface area contributed by atoms with Crippen LogP contribution in [0.4, 0.5) is 17.1 Å². The average Bonchev–Trinajstić information content (AvgIpc) is 3.33. The molecular formula is C24H21N3O6. The summed E-state index contributed by atoms with van der Waals surface area (Å²) >= 11 is 0. The summed E-state index contributed by atoms with van der Waals surface area (Å²) in [5.41, 5.74) is 0.0922. The van der Waals surface area contributed by atoms with E-state index in [9.17, 15) is 19.2 Å². The largest absolute Gasteiger partial charge is 0.459 e. The van der Waals surface area contributed by atoms with Gasteiger partial charge in [-0.1, -0.05) is 24.3 Å². The molecular weight excluding hydrogens is 426 g/mol. The van der Waals surface area contributed by atoms with E-state index in [1.165, 1.54) is 29.4 Å². The monoisotopic (exact) mass is 447 g/mol. The van der Waals surface area contributed by atoms with Gasteiger partial charge in [-0.15, -0.1) is 0 Å². The van der Waals surface area contributed by atoms with Crippen LogP contribution in [0.2, 0.25) is 0 Å². The van der Waals surface area contributed by atoms with Gasteiger partial charge >= 0.3 is 5.97 Å². The van der Waals surface area contributed by atoms with Gasteiger partial charge < -0.3 is 19.8 Å². The molecule has 0 aliphatic carbocycles. The van der Waals surface area contributed by atoms with Crippen molar-refractivity contribution in [3.05, 3.63) is 78.3 Å². The van der Waals surface area contributed by atoms with Crippen molar-refractivity contribution in [2.45, 2.75) is 19.4 Å². The van der Waals surface area contributed by atoms with Gasteiger partial charge in [0.25, 0.3) is 11.8 Å². The molecule has 4 rings (SSSR count). The molecule has 0 fully saturated rings. The molecule has 2 heterocycles. The van der Waals surface area contributed by atoms with Gasteiger partial charge in [0, 0.05) is 0 Å². The summed E-state index contributed by atoms with van der Waals surface area (Å²) in [6.45, 7) is 2.62. The molecule has 2 N–H and O–H groups in total. The predicted molar refractivity (Wildman–Crippen MR) is 120 cm³/mol. The lowest BCUT2D eigenvalue weighted by atomic mass is 9.96. The Morgan fingerprint density at radius 1 is 1.03 bits per heavy atom. The van der Waals surface area contributed by atoms with Crippen LogP contribution >= 0.6 is 0 Å². The maximum atomic E-state index is 13.1. The lowest BCUT2D eigenvalue weighted by Gasteiger charge is -2.41. The van der Waals surface area contributed by atoms with Gasteiger partial charge in [-0.3, -0.25) is 19.3 Å². The molecule has 3 aromatic rings. The van der Waals surface area contributed by atoms with Crippen molar-refractivity contribution in [1.29, 1.82) is 0 Å². The van der Waals surface area contributed by atoms with E-state index in [-0.39, 0.29) is 22.9 Å². The number of benzene rings is 2. The van der Waals surface area contributed by atoms with E-state index in [2.05, 4.69) is 10.6 Å². The number of nitrogens with zero attached hydrogens (tertiary/aromatic N) is 1. The Morgan fingerprint density at radius 2 is 1.76 bits per heavy atom. The zero-order valence-electron chi connectivity index (χ0n) is 18.0. The molecule has 33 heavy (non-hydrogen) atoms. The molecule has 0 saturated heterocycles. The second-order valence-corrected chi connectivity index (χ2v) is 7.81. The number of amides is 3. The Kier molecular flexibility index (Phi) is 5.70. The molecule has 2 aromatic carbocycles. The minimum absolute atomic E-state index is 0.0706. The number of ether oxygens (including phenoxy) is 1. The topological polar surface area (TPSA) is 118 Å². The molecule has 1 aliphatic heterocycles. The first kappa shape index (κ1) is 21.8. The molecule has 0 radical (unpaired) electrons. The average molecular weight is 447 g/mol. The Morgan fingerprint density at radius 3 is 2.52 bits per heavy atom.